The quantitative estimate of drug-likeness (QED) is 0.552. The molecule has 0 aliphatic carbocycles. The van der Waals surface area contributed by atoms with Gasteiger partial charge in [0.25, 0.3) is 0 Å². The number of aryl methyl sites for hydroxylation is 1. The molecule has 0 radical (unpaired) electrons. The van der Waals surface area contributed by atoms with E-state index in [1.807, 2.05) is 31.3 Å². The minimum absolute atomic E-state index is 0.320. The Morgan fingerprint density at radius 2 is 2.07 bits per heavy atom. The molecule has 1 aliphatic heterocycles. The Morgan fingerprint density at radius 1 is 1.23 bits per heavy atom. The van der Waals surface area contributed by atoms with Gasteiger partial charge in [-0.1, -0.05) is 23.7 Å². The SMILES string of the molecule is CN(c1cccc(Cl)c1)c1ccc2c(c1)OCC[C@H]2CCc1cnccc1C(=O)O. The Morgan fingerprint density at radius 3 is 2.87 bits per heavy atom. The molecule has 1 atom stereocenters. The summed E-state index contributed by atoms with van der Waals surface area (Å²) in [7, 11) is 2.00. The molecule has 0 fully saturated rings. The van der Waals surface area contributed by atoms with Crippen LogP contribution in [0, 0.1) is 0 Å². The van der Waals surface area contributed by atoms with E-state index >= 15 is 0 Å². The van der Waals surface area contributed by atoms with Crippen molar-refractivity contribution in [2.45, 2.75) is 25.2 Å². The van der Waals surface area contributed by atoms with Crippen molar-refractivity contribution in [2.75, 3.05) is 18.6 Å². The van der Waals surface area contributed by atoms with Gasteiger partial charge >= 0.3 is 5.97 Å². The van der Waals surface area contributed by atoms with Crippen LogP contribution < -0.4 is 9.64 Å². The van der Waals surface area contributed by atoms with Gasteiger partial charge in [-0.3, -0.25) is 4.98 Å². The Bertz CT molecular complexity index is 1070. The van der Waals surface area contributed by atoms with E-state index in [0.717, 1.165) is 35.5 Å². The second-order valence-corrected chi connectivity index (χ2v) is 7.91. The standard InChI is InChI=1S/C24H23ClN2O3/c1-27(19-4-2-3-18(25)13-19)20-7-8-21-16(10-12-30-23(21)14-20)5-6-17-15-26-11-9-22(17)24(28)29/h2-4,7-9,11,13-16H,5-6,10,12H2,1H3,(H,28,29)/t16-/m1/s1. The van der Waals surface area contributed by atoms with Crippen LogP contribution in [0.4, 0.5) is 11.4 Å². The number of nitrogens with zero attached hydrogens (tertiary/aromatic N) is 2. The number of anilines is 2. The first-order chi connectivity index (χ1) is 14.5. The van der Waals surface area contributed by atoms with Gasteiger partial charge < -0.3 is 14.7 Å². The van der Waals surface area contributed by atoms with Crippen molar-refractivity contribution in [3.63, 3.8) is 0 Å². The van der Waals surface area contributed by atoms with Crippen LogP contribution in [-0.4, -0.2) is 29.7 Å². The predicted molar refractivity (Wildman–Crippen MR) is 118 cm³/mol. The van der Waals surface area contributed by atoms with Crippen LogP contribution in [-0.2, 0) is 6.42 Å². The number of aromatic carboxylic acids is 1. The number of pyridine rings is 1. The third kappa shape index (κ3) is 4.26. The summed E-state index contributed by atoms with van der Waals surface area (Å²) in [6.07, 6.45) is 5.62. The third-order valence-electron chi connectivity index (χ3n) is 5.64. The molecule has 1 aromatic heterocycles. The van der Waals surface area contributed by atoms with Gasteiger partial charge in [-0.2, -0.15) is 0 Å². The van der Waals surface area contributed by atoms with Crippen molar-refractivity contribution in [2.24, 2.45) is 0 Å². The summed E-state index contributed by atoms with van der Waals surface area (Å²) in [6.45, 7) is 0.654. The van der Waals surface area contributed by atoms with Gasteiger partial charge in [-0.15, -0.1) is 0 Å². The zero-order valence-corrected chi connectivity index (χ0v) is 17.5. The number of ether oxygens (including phenoxy) is 1. The Balaban J connectivity index is 1.53. The van der Waals surface area contributed by atoms with Gasteiger partial charge in [-0.25, -0.2) is 4.79 Å². The number of fused-ring (bicyclic) bond motifs is 1. The highest BCUT2D eigenvalue weighted by Gasteiger charge is 2.23. The number of hydrogen-bond acceptors (Lipinski definition) is 4. The largest absolute Gasteiger partial charge is 0.493 e. The minimum atomic E-state index is -0.909. The predicted octanol–water partition coefficient (Wildman–Crippen LogP) is 5.70. The molecule has 6 heteroatoms. The first-order valence-electron chi connectivity index (χ1n) is 9.95. The van der Waals surface area contributed by atoms with Gasteiger partial charge in [0.15, 0.2) is 0 Å². The second-order valence-electron chi connectivity index (χ2n) is 7.47. The number of rotatable bonds is 6. The van der Waals surface area contributed by atoms with Crippen LogP contribution >= 0.6 is 11.6 Å². The molecule has 2 aromatic carbocycles. The van der Waals surface area contributed by atoms with Crippen LogP contribution in [0.2, 0.25) is 5.02 Å². The molecular formula is C24H23ClN2O3. The van der Waals surface area contributed by atoms with Crippen molar-refractivity contribution in [3.05, 3.63) is 82.6 Å². The lowest BCUT2D eigenvalue weighted by Crippen LogP contribution is -2.17. The van der Waals surface area contributed by atoms with Crippen molar-refractivity contribution in [1.29, 1.82) is 0 Å². The summed E-state index contributed by atoms with van der Waals surface area (Å²) in [5.74, 6) is 0.303. The molecule has 0 amide bonds. The Labute approximate surface area is 180 Å². The van der Waals surface area contributed by atoms with Gasteiger partial charge in [0.2, 0.25) is 0 Å². The van der Waals surface area contributed by atoms with E-state index in [-0.39, 0.29) is 0 Å². The highest BCUT2D eigenvalue weighted by molar-refractivity contribution is 6.30. The van der Waals surface area contributed by atoms with Crippen molar-refractivity contribution in [1.82, 2.24) is 4.98 Å². The van der Waals surface area contributed by atoms with Crippen LogP contribution in [0.5, 0.6) is 5.75 Å². The van der Waals surface area contributed by atoms with Gasteiger partial charge in [0, 0.05) is 41.9 Å². The number of benzene rings is 2. The summed E-state index contributed by atoms with van der Waals surface area (Å²) >= 11 is 6.13. The van der Waals surface area contributed by atoms with Crippen LogP contribution in [0.1, 0.15) is 40.2 Å². The molecule has 5 nitrogen and oxygen atoms in total. The molecule has 0 bridgehead atoms. The molecule has 0 saturated carbocycles. The number of aromatic nitrogens is 1. The lowest BCUT2D eigenvalue weighted by molar-refractivity contribution is 0.0695. The lowest BCUT2D eigenvalue weighted by Gasteiger charge is -2.28. The molecule has 3 aromatic rings. The molecular weight excluding hydrogens is 400 g/mol. The maximum Gasteiger partial charge on any atom is 0.336 e. The molecule has 1 aliphatic rings. The molecule has 2 heterocycles. The average Bonchev–Trinajstić information content (AvgIpc) is 2.76. The molecule has 0 unspecified atom stereocenters. The Hall–Kier alpha value is -3.05. The zero-order chi connectivity index (χ0) is 21.1. The van der Waals surface area contributed by atoms with Crippen molar-refractivity contribution < 1.29 is 14.6 Å². The number of halogens is 1. The molecule has 0 spiro atoms. The summed E-state index contributed by atoms with van der Waals surface area (Å²) in [5, 5.41) is 10.1. The van der Waals surface area contributed by atoms with Gasteiger partial charge in [0.05, 0.1) is 12.2 Å². The van der Waals surface area contributed by atoms with Crippen LogP contribution in [0.15, 0.2) is 60.9 Å². The summed E-state index contributed by atoms with van der Waals surface area (Å²) in [5.41, 5.74) is 4.31. The topological polar surface area (TPSA) is 62.7 Å². The van der Waals surface area contributed by atoms with E-state index in [4.69, 9.17) is 16.3 Å². The van der Waals surface area contributed by atoms with Crippen molar-refractivity contribution in [3.8, 4) is 5.75 Å². The number of hydrogen-bond donors (Lipinski definition) is 1. The fraction of sp³-hybridized carbons (Fsp3) is 0.250. The maximum absolute atomic E-state index is 11.4. The molecule has 1 N–H and O–H groups in total. The lowest BCUT2D eigenvalue weighted by atomic mass is 9.87. The molecule has 30 heavy (non-hydrogen) atoms. The maximum atomic E-state index is 11.4. The van der Waals surface area contributed by atoms with E-state index in [9.17, 15) is 9.90 Å². The monoisotopic (exact) mass is 422 g/mol. The first-order valence-corrected chi connectivity index (χ1v) is 10.3. The molecule has 154 valence electrons. The van der Waals surface area contributed by atoms with E-state index in [1.165, 1.54) is 11.8 Å². The summed E-state index contributed by atoms with van der Waals surface area (Å²) in [6, 6.07) is 15.6. The van der Waals surface area contributed by atoms with E-state index in [2.05, 4.69) is 28.1 Å². The van der Waals surface area contributed by atoms with Crippen LogP contribution in [0.3, 0.4) is 0 Å². The summed E-state index contributed by atoms with van der Waals surface area (Å²) < 4.78 is 5.96. The fourth-order valence-corrected chi connectivity index (χ4v) is 4.14. The molecule has 0 saturated heterocycles. The highest BCUT2D eigenvalue weighted by atomic mass is 35.5. The van der Waals surface area contributed by atoms with Crippen LogP contribution in [0.25, 0.3) is 0 Å². The zero-order valence-electron chi connectivity index (χ0n) is 16.7. The summed E-state index contributed by atoms with van der Waals surface area (Å²) in [4.78, 5) is 17.6. The first kappa shape index (κ1) is 20.2. The van der Waals surface area contributed by atoms with Crippen molar-refractivity contribution >= 4 is 28.9 Å². The average molecular weight is 423 g/mol. The fourth-order valence-electron chi connectivity index (χ4n) is 3.96. The Kier molecular flexibility index (Phi) is 5.91. The molecule has 4 rings (SSSR count). The number of carboxylic acid groups (broad SMARTS) is 1. The van der Waals surface area contributed by atoms with E-state index < -0.39 is 5.97 Å². The smallest absolute Gasteiger partial charge is 0.336 e. The normalized spacial score (nSPS) is 15.2. The second kappa shape index (κ2) is 8.76. The highest BCUT2D eigenvalue weighted by Crippen LogP contribution is 2.40. The van der Waals surface area contributed by atoms with Gasteiger partial charge in [0.1, 0.15) is 5.75 Å². The van der Waals surface area contributed by atoms with E-state index in [0.29, 0.717) is 29.5 Å². The third-order valence-corrected chi connectivity index (χ3v) is 5.87. The number of carboxylic acids is 1. The minimum Gasteiger partial charge on any atom is -0.493 e. The number of carbonyl (C=O) groups is 1. The van der Waals surface area contributed by atoms with Gasteiger partial charge in [-0.05, 0) is 66.6 Å². The van der Waals surface area contributed by atoms with E-state index in [1.54, 1.807) is 12.3 Å².